The van der Waals surface area contributed by atoms with Gasteiger partial charge in [-0.25, -0.2) is 4.68 Å². The van der Waals surface area contributed by atoms with E-state index in [1.165, 1.54) is 6.33 Å². The van der Waals surface area contributed by atoms with E-state index in [1.807, 2.05) is 19.1 Å². The molecule has 0 radical (unpaired) electrons. The lowest BCUT2D eigenvalue weighted by Crippen LogP contribution is -2.31. The van der Waals surface area contributed by atoms with E-state index in [1.54, 1.807) is 48.2 Å². The molecule has 1 atom stereocenters. The Hall–Kier alpha value is -3.32. The SMILES string of the molecule is COc1ccc(NC(=O)C2=C(C)Nc3ncnn3[C@H]2c2ccc(Cl)cc2)cc1. The first kappa shape index (κ1) is 18.1. The van der Waals surface area contributed by atoms with Crippen molar-refractivity contribution in [3.8, 4) is 5.75 Å². The fourth-order valence-electron chi connectivity index (χ4n) is 3.21. The number of hydrogen-bond acceptors (Lipinski definition) is 5. The molecule has 142 valence electrons. The number of ether oxygens (including phenoxy) is 1. The molecule has 2 heterocycles. The quantitative estimate of drug-likeness (QED) is 0.700. The van der Waals surface area contributed by atoms with Crippen LogP contribution in [0.25, 0.3) is 0 Å². The van der Waals surface area contributed by atoms with Gasteiger partial charge < -0.3 is 15.4 Å². The molecule has 0 aliphatic carbocycles. The lowest BCUT2D eigenvalue weighted by Gasteiger charge is -2.28. The molecule has 7 nitrogen and oxygen atoms in total. The molecule has 28 heavy (non-hydrogen) atoms. The summed E-state index contributed by atoms with van der Waals surface area (Å²) in [5, 5.41) is 11.0. The number of amides is 1. The van der Waals surface area contributed by atoms with Crippen LogP contribution < -0.4 is 15.4 Å². The first-order chi connectivity index (χ1) is 13.6. The number of nitrogens with one attached hydrogen (secondary N) is 2. The van der Waals surface area contributed by atoms with Crippen LogP contribution in [0.15, 0.2) is 66.1 Å². The molecule has 1 aliphatic heterocycles. The Balaban J connectivity index is 1.71. The minimum absolute atomic E-state index is 0.226. The number of halogens is 1. The van der Waals surface area contributed by atoms with E-state index >= 15 is 0 Å². The Morgan fingerprint density at radius 3 is 2.57 bits per heavy atom. The molecule has 0 saturated carbocycles. The first-order valence-corrected chi connectivity index (χ1v) is 9.03. The number of anilines is 2. The van der Waals surface area contributed by atoms with Crippen LogP contribution in [0.4, 0.5) is 11.6 Å². The molecule has 1 aliphatic rings. The van der Waals surface area contributed by atoms with Gasteiger partial charge in [0.2, 0.25) is 5.95 Å². The van der Waals surface area contributed by atoms with Gasteiger partial charge in [-0.2, -0.15) is 10.1 Å². The van der Waals surface area contributed by atoms with E-state index in [2.05, 4.69) is 20.7 Å². The maximum Gasteiger partial charge on any atom is 0.255 e. The van der Waals surface area contributed by atoms with Gasteiger partial charge in [0.25, 0.3) is 5.91 Å². The van der Waals surface area contributed by atoms with Crippen molar-refractivity contribution in [1.82, 2.24) is 14.8 Å². The average Bonchev–Trinajstić information content (AvgIpc) is 3.16. The fraction of sp³-hybridized carbons (Fsp3) is 0.150. The zero-order valence-electron chi connectivity index (χ0n) is 15.3. The molecule has 2 N–H and O–H groups in total. The van der Waals surface area contributed by atoms with Crippen LogP contribution in [-0.4, -0.2) is 27.8 Å². The molecular weight excluding hydrogens is 378 g/mol. The number of rotatable bonds is 4. The van der Waals surface area contributed by atoms with E-state index in [9.17, 15) is 4.79 Å². The van der Waals surface area contributed by atoms with Gasteiger partial charge >= 0.3 is 0 Å². The van der Waals surface area contributed by atoms with Crippen LogP contribution in [0, 0.1) is 0 Å². The molecule has 3 aromatic rings. The van der Waals surface area contributed by atoms with Crippen molar-refractivity contribution in [2.45, 2.75) is 13.0 Å². The van der Waals surface area contributed by atoms with E-state index in [0.29, 0.717) is 27.9 Å². The zero-order valence-corrected chi connectivity index (χ0v) is 16.1. The van der Waals surface area contributed by atoms with Gasteiger partial charge in [0.05, 0.1) is 12.7 Å². The minimum Gasteiger partial charge on any atom is -0.497 e. The Morgan fingerprint density at radius 1 is 1.18 bits per heavy atom. The van der Waals surface area contributed by atoms with Crippen molar-refractivity contribution in [2.75, 3.05) is 17.7 Å². The lowest BCUT2D eigenvalue weighted by atomic mass is 9.95. The highest BCUT2D eigenvalue weighted by Gasteiger charge is 2.33. The Bertz CT molecular complexity index is 1040. The van der Waals surface area contributed by atoms with Crippen molar-refractivity contribution in [1.29, 1.82) is 0 Å². The van der Waals surface area contributed by atoms with E-state index < -0.39 is 6.04 Å². The molecule has 0 fully saturated rings. The van der Waals surface area contributed by atoms with Crippen LogP contribution >= 0.6 is 11.6 Å². The zero-order chi connectivity index (χ0) is 19.7. The summed E-state index contributed by atoms with van der Waals surface area (Å²) in [7, 11) is 1.60. The topological polar surface area (TPSA) is 81.1 Å². The highest BCUT2D eigenvalue weighted by Crippen LogP contribution is 2.35. The van der Waals surface area contributed by atoms with Crippen molar-refractivity contribution >= 4 is 29.1 Å². The molecule has 1 amide bonds. The highest BCUT2D eigenvalue weighted by atomic mass is 35.5. The minimum atomic E-state index is -0.422. The Kier molecular flexibility index (Phi) is 4.75. The predicted octanol–water partition coefficient (Wildman–Crippen LogP) is 3.87. The summed E-state index contributed by atoms with van der Waals surface area (Å²) in [5.41, 5.74) is 2.82. The van der Waals surface area contributed by atoms with Gasteiger partial charge in [-0.05, 0) is 48.9 Å². The summed E-state index contributed by atoms with van der Waals surface area (Å²) in [4.78, 5) is 17.4. The molecule has 0 bridgehead atoms. The predicted molar refractivity (Wildman–Crippen MR) is 108 cm³/mol. The number of benzene rings is 2. The van der Waals surface area contributed by atoms with Gasteiger partial charge in [-0.3, -0.25) is 4.79 Å². The third kappa shape index (κ3) is 3.32. The number of fused-ring (bicyclic) bond motifs is 1. The molecule has 1 aromatic heterocycles. The van der Waals surface area contributed by atoms with Crippen molar-refractivity contribution < 1.29 is 9.53 Å². The monoisotopic (exact) mass is 395 g/mol. The summed E-state index contributed by atoms with van der Waals surface area (Å²) in [6, 6.07) is 14.1. The average molecular weight is 396 g/mol. The third-order valence-electron chi connectivity index (χ3n) is 4.57. The molecule has 0 saturated heterocycles. The Labute approximate surface area is 167 Å². The summed E-state index contributed by atoms with van der Waals surface area (Å²) < 4.78 is 6.85. The summed E-state index contributed by atoms with van der Waals surface area (Å²) in [5.74, 6) is 1.08. The second kappa shape index (κ2) is 7.36. The van der Waals surface area contributed by atoms with Crippen LogP contribution in [0.1, 0.15) is 18.5 Å². The number of carbonyl (C=O) groups is 1. The van der Waals surface area contributed by atoms with Crippen LogP contribution in [0.2, 0.25) is 5.02 Å². The van der Waals surface area contributed by atoms with E-state index in [-0.39, 0.29) is 5.91 Å². The Morgan fingerprint density at radius 2 is 1.89 bits per heavy atom. The second-order valence-electron chi connectivity index (χ2n) is 6.33. The smallest absolute Gasteiger partial charge is 0.255 e. The second-order valence-corrected chi connectivity index (χ2v) is 6.77. The number of allylic oxidation sites excluding steroid dienone is 1. The van der Waals surface area contributed by atoms with Gasteiger partial charge in [0.1, 0.15) is 18.1 Å². The maximum atomic E-state index is 13.2. The molecule has 8 heteroatoms. The van der Waals surface area contributed by atoms with Crippen LogP contribution in [-0.2, 0) is 4.79 Å². The number of carbonyl (C=O) groups excluding carboxylic acids is 1. The number of hydrogen-bond donors (Lipinski definition) is 2. The molecule has 0 spiro atoms. The van der Waals surface area contributed by atoms with Gasteiger partial charge in [-0.15, -0.1) is 0 Å². The van der Waals surface area contributed by atoms with Gasteiger partial charge in [-0.1, -0.05) is 23.7 Å². The molecule has 0 unspecified atom stereocenters. The normalized spacial score (nSPS) is 15.6. The fourth-order valence-corrected chi connectivity index (χ4v) is 3.34. The maximum absolute atomic E-state index is 13.2. The number of aromatic nitrogens is 3. The van der Waals surface area contributed by atoms with Gasteiger partial charge in [0, 0.05) is 16.4 Å². The molecule has 4 rings (SSSR count). The largest absolute Gasteiger partial charge is 0.497 e. The first-order valence-electron chi connectivity index (χ1n) is 8.65. The van der Waals surface area contributed by atoms with Crippen molar-refractivity contribution in [3.05, 3.63) is 76.7 Å². The number of methoxy groups -OCH3 is 1. The summed E-state index contributed by atoms with van der Waals surface area (Å²) in [6.45, 7) is 1.85. The molecule has 2 aromatic carbocycles. The van der Waals surface area contributed by atoms with Crippen LogP contribution in [0.5, 0.6) is 5.75 Å². The van der Waals surface area contributed by atoms with Crippen LogP contribution in [0.3, 0.4) is 0 Å². The van der Waals surface area contributed by atoms with Gasteiger partial charge in [0.15, 0.2) is 0 Å². The summed E-state index contributed by atoms with van der Waals surface area (Å²) >= 11 is 6.04. The third-order valence-corrected chi connectivity index (χ3v) is 4.82. The summed E-state index contributed by atoms with van der Waals surface area (Å²) in [6.07, 6.45) is 1.46. The standard InChI is InChI=1S/C20H18ClN5O2/c1-12-17(19(27)25-15-7-9-16(28-2)10-8-15)18(13-3-5-14(21)6-4-13)26-20(24-12)22-11-23-26/h3-11,18H,1-2H3,(H,25,27)(H,22,23,24)/t18-/m0/s1. The van der Waals surface area contributed by atoms with E-state index in [4.69, 9.17) is 16.3 Å². The van der Waals surface area contributed by atoms with E-state index in [0.717, 1.165) is 11.3 Å². The van der Waals surface area contributed by atoms with Crippen molar-refractivity contribution in [3.63, 3.8) is 0 Å². The lowest BCUT2D eigenvalue weighted by molar-refractivity contribution is -0.113. The number of nitrogens with zero attached hydrogens (tertiary/aromatic N) is 3. The molecular formula is C20H18ClN5O2. The highest BCUT2D eigenvalue weighted by molar-refractivity contribution is 6.30. The van der Waals surface area contributed by atoms with Crippen molar-refractivity contribution in [2.24, 2.45) is 0 Å².